The van der Waals surface area contributed by atoms with Crippen LogP contribution in [-0.4, -0.2) is 53.7 Å². The number of piperazine rings is 1. The monoisotopic (exact) mass is 371 g/mol. The lowest BCUT2D eigenvalue weighted by atomic mass is 10.2. The second-order valence-corrected chi connectivity index (χ2v) is 6.84. The van der Waals surface area contributed by atoms with Gasteiger partial charge in [-0.3, -0.25) is 14.4 Å². The molecule has 1 saturated heterocycles. The van der Waals surface area contributed by atoms with Gasteiger partial charge in [0.05, 0.1) is 30.9 Å². The van der Waals surface area contributed by atoms with Gasteiger partial charge in [0.15, 0.2) is 5.76 Å². The molecule has 0 aromatic carbocycles. The predicted octanol–water partition coefficient (Wildman–Crippen LogP) is 1.11. The fourth-order valence-corrected chi connectivity index (χ4v) is 3.40. The molecule has 2 aromatic heterocycles. The first-order valence-corrected chi connectivity index (χ1v) is 9.05. The first kappa shape index (κ1) is 17.4. The molecule has 142 valence electrons. The quantitative estimate of drug-likeness (QED) is 0.849. The van der Waals surface area contributed by atoms with Gasteiger partial charge < -0.3 is 24.0 Å². The average molecular weight is 371 g/mol. The SMILES string of the molecule is O=C(NCc1ccco1)C1CC1C(=O)N1CCN(C(=O)c2ccco2)CC1. The van der Waals surface area contributed by atoms with Gasteiger partial charge in [-0.05, 0) is 30.7 Å². The van der Waals surface area contributed by atoms with Crippen molar-refractivity contribution in [2.45, 2.75) is 13.0 Å². The Balaban J connectivity index is 1.23. The number of carbonyl (C=O) groups excluding carboxylic acids is 3. The summed E-state index contributed by atoms with van der Waals surface area (Å²) in [6, 6.07) is 6.87. The number of rotatable bonds is 5. The summed E-state index contributed by atoms with van der Waals surface area (Å²) >= 11 is 0. The lowest BCUT2D eigenvalue weighted by Gasteiger charge is -2.34. The highest BCUT2D eigenvalue weighted by molar-refractivity contribution is 5.93. The number of furan rings is 2. The third-order valence-corrected chi connectivity index (χ3v) is 5.07. The van der Waals surface area contributed by atoms with Crippen molar-refractivity contribution in [3.05, 3.63) is 48.3 Å². The third kappa shape index (κ3) is 3.74. The minimum Gasteiger partial charge on any atom is -0.467 e. The molecule has 0 radical (unpaired) electrons. The molecule has 1 aliphatic carbocycles. The molecule has 0 spiro atoms. The molecule has 2 fully saturated rings. The molecule has 3 heterocycles. The van der Waals surface area contributed by atoms with Crippen LogP contribution in [0.2, 0.25) is 0 Å². The summed E-state index contributed by atoms with van der Waals surface area (Å²) in [4.78, 5) is 40.5. The van der Waals surface area contributed by atoms with Gasteiger partial charge in [0.25, 0.3) is 5.91 Å². The highest BCUT2D eigenvalue weighted by Crippen LogP contribution is 2.40. The number of nitrogens with zero attached hydrogens (tertiary/aromatic N) is 2. The maximum Gasteiger partial charge on any atom is 0.289 e. The summed E-state index contributed by atoms with van der Waals surface area (Å²) in [5, 5.41) is 2.81. The summed E-state index contributed by atoms with van der Waals surface area (Å²) in [7, 11) is 0. The van der Waals surface area contributed by atoms with Gasteiger partial charge in [-0.1, -0.05) is 0 Å². The van der Waals surface area contributed by atoms with Gasteiger partial charge in [-0.25, -0.2) is 0 Å². The van der Waals surface area contributed by atoms with Crippen LogP contribution >= 0.6 is 0 Å². The van der Waals surface area contributed by atoms with Gasteiger partial charge >= 0.3 is 0 Å². The van der Waals surface area contributed by atoms with Gasteiger partial charge in [-0.15, -0.1) is 0 Å². The molecular formula is C19H21N3O5. The van der Waals surface area contributed by atoms with E-state index in [2.05, 4.69) is 5.32 Å². The van der Waals surface area contributed by atoms with Crippen LogP contribution in [0.15, 0.2) is 45.6 Å². The number of hydrogen-bond donors (Lipinski definition) is 1. The lowest BCUT2D eigenvalue weighted by Crippen LogP contribution is -2.51. The number of amides is 3. The zero-order chi connectivity index (χ0) is 18.8. The molecule has 2 atom stereocenters. The Morgan fingerprint density at radius 1 is 0.963 bits per heavy atom. The van der Waals surface area contributed by atoms with Crippen molar-refractivity contribution in [3.8, 4) is 0 Å². The Labute approximate surface area is 156 Å². The normalized spacial score (nSPS) is 21.8. The standard InChI is InChI=1S/C19H21N3O5/c23-17(20-12-13-3-1-9-26-13)14-11-15(14)18(24)21-5-7-22(8-6-21)19(25)16-4-2-10-27-16/h1-4,9-10,14-15H,5-8,11-12H2,(H,20,23). The van der Waals surface area contributed by atoms with Crippen molar-refractivity contribution in [2.24, 2.45) is 11.8 Å². The van der Waals surface area contributed by atoms with Crippen molar-refractivity contribution in [1.82, 2.24) is 15.1 Å². The largest absolute Gasteiger partial charge is 0.467 e. The summed E-state index contributed by atoms with van der Waals surface area (Å²) in [6.07, 6.45) is 3.60. The summed E-state index contributed by atoms with van der Waals surface area (Å²) in [6.45, 7) is 2.21. The number of hydrogen-bond acceptors (Lipinski definition) is 5. The smallest absolute Gasteiger partial charge is 0.289 e. The Kier molecular flexibility index (Phi) is 4.70. The van der Waals surface area contributed by atoms with Crippen LogP contribution in [0.25, 0.3) is 0 Å². The number of nitrogens with one attached hydrogen (secondary N) is 1. The fraction of sp³-hybridized carbons (Fsp3) is 0.421. The van der Waals surface area contributed by atoms with E-state index in [1.807, 2.05) is 0 Å². The molecule has 3 amide bonds. The van der Waals surface area contributed by atoms with Crippen LogP contribution in [0.1, 0.15) is 22.7 Å². The molecule has 1 saturated carbocycles. The summed E-state index contributed by atoms with van der Waals surface area (Å²) in [5.74, 6) is 0.196. The van der Waals surface area contributed by atoms with Crippen LogP contribution in [0.3, 0.4) is 0 Å². The third-order valence-electron chi connectivity index (χ3n) is 5.07. The Hall–Kier alpha value is -3.03. The second-order valence-electron chi connectivity index (χ2n) is 6.84. The number of carbonyl (C=O) groups is 3. The second kappa shape index (κ2) is 7.30. The van der Waals surface area contributed by atoms with E-state index >= 15 is 0 Å². The minimum atomic E-state index is -0.268. The van der Waals surface area contributed by atoms with Crippen molar-refractivity contribution < 1.29 is 23.2 Å². The average Bonchev–Trinajstić information content (AvgIpc) is 3.09. The van der Waals surface area contributed by atoms with Crippen LogP contribution in [0.4, 0.5) is 0 Å². The Morgan fingerprint density at radius 3 is 2.33 bits per heavy atom. The maximum atomic E-state index is 12.6. The van der Waals surface area contributed by atoms with Gasteiger partial charge in [-0.2, -0.15) is 0 Å². The van der Waals surface area contributed by atoms with Crippen LogP contribution in [-0.2, 0) is 16.1 Å². The molecular weight excluding hydrogens is 350 g/mol. The summed E-state index contributed by atoms with van der Waals surface area (Å²) in [5.41, 5.74) is 0. The maximum absolute atomic E-state index is 12.6. The van der Waals surface area contributed by atoms with E-state index < -0.39 is 0 Å². The fourth-order valence-electron chi connectivity index (χ4n) is 3.40. The van der Waals surface area contributed by atoms with Crippen molar-refractivity contribution in [3.63, 3.8) is 0 Å². The Bertz CT molecular complexity index is 807. The molecule has 2 unspecified atom stereocenters. The molecule has 8 nitrogen and oxygen atoms in total. The highest BCUT2D eigenvalue weighted by atomic mass is 16.3. The zero-order valence-electron chi connectivity index (χ0n) is 14.8. The minimum absolute atomic E-state index is 0.00162. The molecule has 8 heteroatoms. The van der Waals surface area contributed by atoms with E-state index in [1.165, 1.54) is 6.26 Å². The molecule has 2 aliphatic rings. The van der Waals surface area contributed by atoms with Crippen LogP contribution < -0.4 is 5.32 Å². The molecule has 27 heavy (non-hydrogen) atoms. The highest BCUT2D eigenvalue weighted by Gasteiger charge is 2.49. The van der Waals surface area contributed by atoms with Crippen LogP contribution in [0.5, 0.6) is 0 Å². The summed E-state index contributed by atoms with van der Waals surface area (Å²) < 4.78 is 10.3. The molecule has 0 bridgehead atoms. The van der Waals surface area contributed by atoms with E-state index in [0.29, 0.717) is 50.7 Å². The van der Waals surface area contributed by atoms with Gasteiger partial charge in [0, 0.05) is 26.2 Å². The molecule has 1 aliphatic heterocycles. The Morgan fingerprint density at radius 2 is 1.67 bits per heavy atom. The predicted molar refractivity (Wildman–Crippen MR) is 93.3 cm³/mol. The molecule has 4 rings (SSSR count). The van der Waals surface area contributed by atoms with Crippen molar-refractivity contribution in [1.29, 1.82) is 0 Å². The van der Waals surface area contributed by atoms with Gasteiger partial charge in [0.1, 0.15) is 5.76 Å². The first-order valence-electron chi connectivity index (χ1n) is 9.05. The van der Waals surface area contributed by atoms with Crippen LogP contribution in [0, 0.1) is 11.8 Å². The van der Waals surface area contributed by atoms with E-state index in [0.717, 1.165) is 0 Å². The van der Waals surface area contributed by atoms with E-state index in [1.54, 1.807) is 40.3 Å². The molecule has 2 aromatic rings. The van der Waals surface area contributed by atoms with Crippen molar-refractivity contribution in [2.75, 3.05) is 26.2 Å². The van der Waals surface area contributed by atoms with E-state index in [9.17, 15) is 14.4 Å². The van der Waals surface area contributed by atoms with E-state index in [-0.39, 0.29) is 29.6 Å². The first-order chi connectivity index (χ1) is 13.1. The van der Waals surface area contributed by atoms with Crippen molar-refractivity contribution >= 4 is 17.7 Å². The van der Waals surface area contributed by atoms with E-state index in [4.69, 9.17) is 8.83 Å². The topological polar surface area (TPSA) is 96.0 Å². The van der Waals surface area contributed by atoms with Gasteiger partial charge in [0.2, 0.25) is 11.8 Å². The zero-order valence-corrected chi connectivity index (χ0v) is 14.8. The molecule has 1 N–H and O–H groups in total. The lowest BCUT2D eigenvalue weighted by molar-refractivity contribution is -0.136.